The highest BCUT2D eigenvalue weighted by atomic mass is 16.7. The van der Waals surface area contributed by atoms with Crippen LogP contribution >= 0.6 is 0 Å². The summed E-state index contributed by atoms with van der Waals surface area (Å²) in [7, 11) is 0. The molecule has 0 N–H and O–H groups in total. The molecule has 1 unspecified atom stereocenters. The minimum atomic E-state index is -0.668. The number of carbonyl (C=O) groups excluding carboxylic acids is 2. The van der Waals surface area contributed by atoms with Gasteiger partial charge in [0.05, 0.1) is 5.71 Å². The summed E-state index contributed by atoms with van der Waals surface area (Å²) in [6.07, 6.45) is 3.45. The lowest BCUT2D eigenvalue weighted by Gasteiger charge is -2.28. The maximum Gasteiger partial charge on any atom is 0.350 e. The molecule has 0 saturated carbocycles. The molecule has 1 aliphatic carbocycles. The average Bonchev–Trinajstić information content (AvgIpc) is 3.36. The Balaban J connectivity index is 1.30. The Labute approximate surface area is 165 Å². The average molecular weight is 392 g/mol. The van der Waals surface area contributed by atoms with Crippen molar-refractivity contribution in [3.8, 4) is 11.4 Å². The number of carbonyl (C=O) groups is 2. The van der Waals surface area contributed by atoms with Crippen molar-refractivity contribution in [1.82, 2.24) is 15.0 Å². The standard InChI is InChI=1S/C20H16N4O5/c1-11-2-4-12(5-3-11)18-22-17(29-23-18)6-7-24-19(25)13-8-15-16(28-10-27-15)9-14(13)21-20(24)26/h2-5,8-9,13H,6-7,10H2,1H3. The number of urea groups is 1. The van der Waals surface area contributed by atoms with Crippen LogP contribution in [-0.4, -0.2) is 46.0 Å². The van der Waals surface area contributed by atoms with Gasteiger partial charge in [-0.1, -0.05) is 35.0 Å². The monoisotopic (exact) mass is 392 g/mol. The smallest absolute Gasteiger partial charge is 0.350 e. The van der Waals surface area contributed by atoms with Crippen LogP contribution < -0.4 is 0 Å². The first-order chi connectivity index (χ1) is 14.1. The van der Waals surface area contributed by atoms with Gasteiger partial charge in [-0.05, 0) is 13.0 Å². The maximum absolute atomic E-state index is 12.8. The van der Waals surface area contributed by atoms with Gasteiger partial charge >= 0.3 is 6.03 Å². The molecule has 3 heterocycles. The van der Waals surface area contributed by atoms with Crippen LogP contribution in [0.4, 0.5) is 4.79 Å². The molecule has 3 aliphatic rings. The van der Waals surface area contributed by atoms with Gasteiger partial charge in [-0.25, -0.2) is 4.79 Å². The van der Waals surface area contributed by atoms with Gasteiger partial charge in [0.2, 0.25) is 24.4 Å². The molecule has 9 heteroatoms. The summed E-state index contributed by atoms with van der Waals surface area (Å²) in [5.41, 5.74) is 2.33. The highest BCUT2D eigenvalue weighted by Gasteiger charge is 2.39. The number of nitrogens with zero attached hydrogens (tertiary/aromatic N) is 4. The number of allylic oxidation sites excluding steroid dienone is 1. The first-order valence-corrected chi connectivity index (χ1v) is 9.11. The van der Waals surface area contributed by atoms with E-state index in [1.54, 1.807) is 12.2 Å². The van der Waals surface area contributed by atoms with Crippen LogP contribution in [0.1, 0.15) is 11.5 Å². The molecule has 1 aromatic heterocycles. The molecule has 146 valence electrons. The lowest BCUT2D eigenvalue weighted by Crippen LogP contribution is -2.47. The highest BCUT2D eigenvalue weighted by Crippen LogP contribution is 2.31. The van der Waals surface area contributed by atoms with E-state index in [1.807, 2.05) is 31.2 Å². The highest BCUT2D eigenvalue weighted by molar-refractivity contribution is 6.22. The molecule has 3 amide bonds. The van der Waals surface area contributed by atoms with Gasteiger partial charge in [-0.15, -0.1) is 0 Å². The number of benzene rings is 1. The topological polar surface area (TPSA) is 107 Å². The molecular weight excluding hydrogens is 376 g/mol. The number of aliphatic imine (C=N–C) groups is 1. The molecule has 9 nitrogen and oxygen atoms in total. The number of ether oxygens (including phenoxy) is 2. The fourth-order valence-corrected chi connectivity index (χ4v) is 3.32. The van der Waals surface area contributed by atoms with Crippen molar-refractivity contribution in [2.45, 2.75) is 13.3 Å². The molecule has 29 heavy (non-hydrogen) atoms. The van der Waals surface area contributed by atoms with Crippen molar-refractivity contribution < 1.29 is 23.6 Å². The largest absolute Gasteiger partial charge is 0.454 e. The zero-order valence-corrected chi connectivity index (χ0v) is 15.5. The second-order valence-corrected chi connectivity index (χ2v) is 6.86. The summed E-state index contributed by atoms with van der Waals surface area (Å²) in [6.45, 7) is 2.18. The van der Waals surface area contributed by atoms with Gasteiger partial charge in [0, 0.05) is 24.6 Å². The van der Waals surface area contributed by atoms with E-state index in [2.05, 4.69) is 15.1 Å². The van der Waals surface area contributed by atoms with Crippen LogP contribution in [0.2, 0.25) is 0 Å². The van der Waals surface area contributed by atoms with Gasteiger partial charge < -0.3 is 14.0 Å². The third-order valence-electron chi connectivity index (χ3n) is 4.90. The Kier molecular flexibility index (Phi) is 4.01. The van der Waals surface area contributed by atoms with Crippen molar-refractivity contribution in [1.29, 1.82) is 0 Å². The van der Waals surface area contributed by atoms with Crippen molar-refractivity contribution in [3.05, 3.63) is 59.4 Å². The van der Waals surface area contributed by atoms with E-state index in [-0.39, 0.29) is 25.7 Å². The quantitative estimate of drug-likeness (QED) is 0.786. The molecule has 1 fully saturated rings. The second kappa shape index (κ2) is 6.69. The Bertz CT molecular complexity index is 1100. The predicted molar refractivity (Wildman–Crippen MR) is 99.4 cm³/mol. The van der Waals surface area contributed by atoms with Crippen LogP contribution in [0, 0.1) is 12.8 Å². The number of hydrogen-bond acceptors (Lipinski definition) is 7. The Morgan fingerprint density at radius 3 is 2.76 bits per heavy atom. The second-order valence-electron chi connectivity index (χ2n) is 6.86. The predicted octanol–water partition coefficient (Wildman–Crippen LogP) is 2.39. The summed E-state index contributed by atoms with van der Waals surface area (Å²) in [6, 6.07) is 7.12. The van der Waals surface area contributed by atoms with Gasteiger partial charge in [-0.3, -0.25) is 9.69 Å². The summed E-state index contributed by atoms with van der Waals surface area (Å²) < 4.78 is 15.9. The summed E-state index contributed by atoms with van der Waals surface area (Å²) in [5, 5.41) is 3.97. The van der Waals surface area contributed by atoms with Crippen LogP contribution in [0.5, 0.6) is 0 Å². The fourth-order valence-electron chi connectivity index (χ4n) is 3.32. The van der Waals surface area contributed by atoms with E-state index in [1.165, 1.54) is 0 Å². The summed E-state index contributed by atoms with van der Waals surface area (Å²) in [5.74, 6) is 0.757. The van der Waals surface area contributed by atoms with E-state index in [0.717, 1.165) is 16.0 Å². The fraction of sp³-hybridized carbons (Fsp3) is 0.250. The van der Waals surface area contributed by atoms with Gasteiger partial charge in [0.25, 0.3) is 0 Å². The minimum absolute atomic E-state index is 0.0873. The molecule has 0 spiro atoms. The molecule has 1 aromatic carbocycles. The normalized spacial score (nSPS) is 20.2. The Hall–Kier alpha value is -3.75. The van der Waals surface area contributed by atoms with Crippen molar-refractivity contribution in [2.24, 2.45) is 10.9 Å². The van der Waals surface area contributed by atoms with E-state index < -0.39 is 11.9 Å². The number of hydrogen-bond donors (Lipinski definition) is 0. The number of amides is 3. The lowest BCUT2D eigenvalue weighted by atomic mass is 9.93. The number of imide groups is 1. The third-order valence-corrected chi connectivity index (χ3v) is 4.90. The molecule has 2 aromatic rings. The molecule has 0 radical (unpaired) electrons. The van der Waals surface area contributed by atoms with Crippen LogP contribution in [0.15, 0.2) is 57.5 Å². The van der Waals surface area contributed by atoms with Crippen LogP contribution in [-0.2, 0) is 20.7 Å². The number of aromatic nitrogens is 2. The molecule has 1 atom stereocenters. The molecule has 0 bridgehead atoms. The Morgan fingerprint density at radius 1 is 1.14 bits per heavy atom. The molecule has 5 rings (SSSR count). The van der Waals surface area contributed by atoms with E-state index in [4.69, 9.17) is 14.0 Å². The first kappa shape index (κ1) is 17.4. The maximum atomic E-state index is 12.8. The molecule has 1 saturated heterocycles. The van der Waals surface area contributed by atoms with Gasteiger partial charge in [-0.2, -0.15) is 9.98 Å². The third kappa shape index (κ3) is 3.10. The summed E-state index contributed by atoms with van der Waals surface area (Å²) in [4.78, 5) is 34.7. The van der Waals surface area contributed by atoms with Crippen molar-refractivity contribution in [2.75, 3.05) is 13.3 Å². The Morgan fingerprint density at radius 2 is 1.93 bits per heavy atom. The number of aryl methyl sites for hydroxylation is 1. The van der Waals surface area contributed by atoms with E-state index >= 15 is 0 Å². The van der Waals surface area contributed by atoms with Crippen molar-refractivity contribution >= 4 is 17.6 Å². The number of rotatable bonds is 4. The van der Waals surface area contributed by atoms with Crippen LogP contribution in [0.3, 0.4) is 0 Å². The summed E-state index contributed by atoms with van der Waals surface area (Å²) >= 11 is 0. The number of fused-ring (bicyclic) bond motifs is 2. The van der Waals surface area contributed by atoms with Gasteiger partial charge in [0.1, 0.15) is 5.92 Å². The molecule has 2 aliphatic heterocycles. The van der Waals surface area contributed by atoms with Gasteiger partial charge in [0.15, 0.2) is 11.5 Å². The minimum Gasteiger partial charge on any atom is -0.454 e. The zero-order valence-electron chi connectivity index (χ0n) is 15.5. The van der Waals surface area contributed by atoms with Crippen molar-refractivity contribution in [3.63, 3.8) is 0 Å². The molecular formula is C20H16N4O5. The van der Waals surface area contributed by atoms with Crippen LogP contribution in [0.25, 0.3) is 11.4 Å². The van der Waals surface area contributed by atoms with E-state index in [9.17, 15) is 9.59 Å². The first-order valence-electron chi connectivity index (χ1n) is 9.11. The van der Waals surface area contributed by atoms with E-state index in [0.29, 0.717) is 28.9 Å². The SMILES string of the molecule is Cc1ccc(-c2noc(CCN3C(=O)N=C4C=C5OCOC5=CC4C3=O)n2)cc1. The lowest BCUT2D eigenvalue weighted by molar-refractivity contribution is -0.129. The zero-order chi connectivity index (χ0) is 20.0.